The molecular formula is C19H28OS. The van der Waals surface area contributed by atoms with Crippen LogP contribution in [0.25, 0.3) is 0 Å². The molecule has 2 aliphatic carbocycles. The van der Waals surface area contributed by atoms with E-state index < -0.39 is 0 Å². The molecule has 0 amide bonds. The Hall–Kier alpha value is -0.630. The lowest BCUT2D eigenvalue weighted by molar-refractivity contribution is 0.188. The molecule has 0 aliphatic heterocycles. The predicted octanol–water partition coefficient (Wildman–Crippen LogP) is 5.46. The van der Waals surface area contributed by atoms with Crippen molar-refractivity contribution in [3.05, 3.63) is 29.8 Å². The van der Waals surface area contributed by atoms with Crippen LogP contribution >= 0.6 is 12.6 Å². The van der Waals surface area contributed by atoms with Gasteiger partial charge in [0.1, 0.15) is 5.75 Å². The molecule has 0 spiro atoms. The van der Waals surface area contributed by atoms with E-state index in [1.54, 1.807) is 7.11 Å². The van der Waals surface area contributed by atoms with E-state index in [-0.39, 0.29) is 0 Å². The minimum Gasteiger partial charge on any atom is -0.497 e. The summed E-state index contributed by atoms with van der Waals surface area (Å²) >= 11 is 4.63. The Morgan fingerprint density at radius 3 is 1.86 bits per heavy atom. The van der Waals surface area contributed by atoms with Crippen LogP contribution in [0.1, 0.15) is 62.8 Å². The van der Waals surface area contributed by atoms with Crippen molar-refractivity contribution < 1.29 is 4.74 Å². The van der Waals surface area contributed by atoms with Crippen molar-refractivity contribution in [3.63, 3.8) is 0 Å². The topological polar surface area (TPSA) is 9.23 Å². The van der Waals surface area contributed by atoms with Crippen molar-refractivity contribution in [1.82, 2.24) is 0 Å². The molecule has 2 heteroatoms. The predicted molar refractivity (Wildman–Crippen MR) is 92.4 cm³/mol. The maximum Gasteiger partial charge on any atom is 0.118 e. The van der Waals surface area contributed by atoms with Gasteiger partial charge in [0, 0.05) is 5.25 Å². The van der Waals surface area contributed by atoms with Crippen LogP contribution in [0.3, 0.4) is 0 Å². The van der Waals surface area contributed by atoms with Gasteiger partial charge in [-0.15, -0.1) is 0 Å². The summed E-state index contributed by atoms with van der Waals surface area (Å²) in [5, 5.41) is 0.678. The van der Waals surface area contributed by atoms with Gasteiger partial charge in [-0.2, -0.15) is 12.6 Å². The minimum absolute atomic E-state index is 0.678. The van der Waals surface area contributed by atoms with E-state index in [0.717, 1.165) is 23.5 Å². The van der Waals surface area contributed by atoms with Crippen molar-refractivity contribution >= 4 is 12.6 Å². The van der Waals surface area contributed by atoms with Crippen molar-refractivity contribution in [2.45, 2.75) is 62.5 Å². The largest absolute Gasteiger partial charge is 0.497 e. The van der Waals surface area contributed by atoms with Gasteiger partial charge in [-0.3, -0.25) is 0 Å². The molecule has 0 radical (unpaired) electrons. The summed E-state index contributed by atoms with van der Waals surface area (Å²) < 4.78 is 5.26. The zero-order valence-corrected chi connectivity index (χ0v) is 14.0. The smallest absolute Gasteiger partial charge is 0.118 e. The van der Waals surface area contributed by atoms with Crippen molar-refractivity contribution in [2.24, 2.45) is 11.8 Å². The maximum absolute atomic E-state index is 5.26. The molecule has 3 rings (SSSR count). The number of rotatable bonds is 3. The average Bonchev–Trinajstić information content (AvgIpc) is 2.56. The van der Waals surface area contributed by atoms with Gasteiger partial charge in [0.25, 0.3) is 0 Å². The van der Waals surface area contributed by atoms with Crippen LogP contribution in [0.4, 0.5) is 0 Å². The van der Waals surface area contributed by atoms with Crippen molar-refractivity contribution in [3.8, 4) is 5.75 Å². The first-order chi connectivity index (χ1) is 10.3. The normalized spacial score (nSPS) is 33.6. The third-order valence-corrected chi connectivity index (χ3v) is 6.28. The molecule has 2 saturated carbocycles. The van der Waals surface area contributed by atoms with Gasteiger partial charge in [-0.1, -0.05) is 12.1 Å². The summed E-state index contributed by atoms with van der Waals surface area (Å²) in [7, 11) is 1.74. The fraction of sp³-hybridized carbons (Fsp3) is 0.684. The van der Waals surface area contributed by atoms with Gasteiger partial charge in [-0.25, -0.2) is 0 Å². The van der Waals surface area contributed by atoms with E-state index in [4.69, 9.17) is 4.74 Å². The Kier molecular flexibility index (Phi) is 5.15. The van der Waals surface area contributed by atoms with Crippen molar-refractivity contribution in [1.29, 1.82) is 0 Å². The number of methoxy groups -OCH3 is 1. The molecule has 0 unspecified atom stereocenters. The number of hydrogen-bond acceptors (Lipinski definition) is 2. The molecule has 1 aromatic carbocycles. The third-order valence-electron chi connectivity index (χ3n) is 5.77. The van der Waals surface area contributed by atoms with E-state index in [9.17, 15) is 0 Å². The van der Waals surface area contributed by atoms with Crippen LogP contribution in [0.15, 0.2) is 24.3 Å². The first-order valence-electron chi connectivity index (χ1n) is 8.58. The summed E-state index contributed by atoms with van der Waals surface area (Å²) in [5.74, 6) is 3.72. The monoisotopic (exact) mass is 304 g/mol. The standard InChI is InChI=1S/C19H28OS/c1-20-18-10-6-16(7-11-18)14-2-4-15(5-3-14)17-8-12-19(21)13-9-17/h6-7,10-11,14-15,17,19,21H,2-5,8-9,12-13H2,1H3. The van der Waals surface area contributed by atoms with Gasteiger partial charge in [0.2, 0.25) is 0 Å². The first kappa shape index (κ1) is 15.3. The van der Waals surface area contributed by atoms with Crippen LogP contribution in [0.2, 0.25) is 0 Å². The Labute approximate surface area is 134 Å². The lowest BCUT2D eigenvalue weighted by Crippen LogP contribution is -2.25. The Morgan fingerprint density at radius 1 is 0.810 bits per heavy atom. The van der Waals surface area contributed by atoms with Crippen LogP contribution in [0.5, 0.6) is 5.75 Å². The van der Waals surface area contributed by atoms with Crippen LogP contribution in [0, 0.1) is 11.8 Å². The van der Waals surface area contributed by atoms with Gasteiger partial charge in [-0.05, 0) is 86.8 Å². The minimum atomic E-state index is 0.678. The van der Waals surface area contributed by atoms with Gasteiger partial charge >= 0.3 is 0 Å². The third kappa shape index (κ3) is 3.77. The molecule has 1 aromatic rings. The number of benzene rings is 1. The molecule has 1 nitrogen and oxygen atoms in total. The number of thiol groups is 1. The molecule has 2 fully saturated rings. The number of hydrogen-bond donors (Lipinski definition) is 1. The average molecular weight is 304 g/mol. The van der Waals surface area contributed by atoms with Crippen LogP contribution in [-0.2, 0) is 0 Å². The van der Waals surface area contributed by atoms with E-state index in [2.05, 4.69) is 36.9 Å². The van der Waals surface area contributed by atoms with Crippen LogP contribution < -0.4 is 4.74 Å². The molecule has 0 N–H and O–H groups in total. The highest BCUT2D eigenvalue weighted by atomic mass is 32.1. The highest BCUT2D eigenvalue weighted by Gasteiger charge is 2.30. The molecule has 116 valence electrons. The Bertz CT molecular complexity index is 425. The second-order valence-corrected chi connectivity index (χ2v) is 7.68. The molecule has 0 aromatic heterocycles. The quantitative estimate of drug-likeness (QED) is 0.730. The summed E-state index contributed by atoms with van der Waals surface area (Å²) in [6.45, 7) is 0. The summed E-state index contributed by atoms with van der Waals surface area (Å²) in [4.78, 5) is 0. The lowest BCUT2D eigenvalue weighted by atomic mass is 9.70. The summed E-state index contributed by atoms with van der Waals surface area (Å²) in [6.07, 6.45) is 11.1. The van der Waals surface area contributed by atoms with E-state index in [1.165, 1.54) is 56.9 Å². The molecule has 0 atom stereocenters. The summed E-state index contributed by atoms with van der Waals surface area (Å²) in [6, 6.07) is 8.73. The van der Waals surface area contributed by atoms with E-state index >= 15 is 0 Å². The molecule has 0 heterocycles. The first-order valence-corrected chi connectivity index (χ1v) is 9.10. The molecule has 0 saturated heterocycles. The SMILES string of the molecule is COc1ccc(C2CCC(C3CCC(S)CC3)CC2)cc1. The molecule has 21 heavy (non-hydrogen) atoms. The fourth-order valence-electron chi connectivity index (χ4n) is 4.37. The van der Waals surface area contributed by atoms with Gasteiger partial charge in [0.15, 0.2) is 0 Å². The highest BCUT2D eigenvalue weighted by molar-refractivity contribution is 7.80. The molecule has 0 bridgehead atoms. The van der Waals surface area contributed by atoms with Gasteiger partial charge in [0.05, 0.1) is 7.11 Å². The fourth-order valence-corrected chi connectivity index (χ4v) is 4.67. The molecular weight excluding hydrogens is 276 g/mol. The number of ether oxygens (including phenoxy) is 1. The zero-order chi connectivity index (χ0) is 14.7. The second-order valence-electron chi connectivity index (χ2n) is 6.95. The lowest BCUT2D eigenvalue weighted by Gasteiger charge is -2.37. The Morgan fingerprint density at radius 2 is 1.33 bits per heavy atom. The molecule has 2 aliphatic rings. The van der Waals surface area contributed by atoms with Crippen LogP contribution in [-0.4, -0.2) is 12.4 Å². The van der Waals surface area contributed by atoms with Gasteiger partial charge < -0.3 is 4.74 Å². The maximum atomic E-state index is 5.26. The van der Waals surface area contributed by atoms with Crippen molar-refractivity contribution in [2.75, 3.05) is 7.11 Å². The highest BCUT2D eigenvalue weighted by Crippen LogP contribution is 2.43. The zero-order valence-electron chi connectivity index (χ0n) is 13.1. The summed E-state index contributed by atoms with van der Waals surface area (Å²) in [5.41, 5.74) is 1.51. The Balaban J connectivity index is 1.52. The van der Waals surface area contributed by atoms with E-state index in [1.807, 2.05) is 0 Å². The second kappa shape index (κ2) is 7.09. The van der Waals surface area contributed by atoms with E-state index in [0.29, 0.717) is 5.25 Å².